The van der Waals surface area contributed by atoms with Crippen LogP contribution in [0.5, 0.6) is 0 Å². The lowest BCUT2D eigenvalue weighted by Gasteiger charge is -2.20. The third kappa shape index (κ3) is 2.81. The van der Waals surface area contributed by atoms with E-state index in [1.54, 1.807) is 0 Å². The lowest BCUT2D eigenvalue weighted by molar-refractivity contribution is 0.345. The van der Waals surface area contributed by atoms with E-state index in [4.69, 9.17) is 5.73 Å². The maximum absolute atomic E-state index is 5.74. The van der Waals surface area contributed by atoms with Gasteiger partial charge >= 0.3 is 0 Å². The highest BCUT2D eigenvalue weighted by Gasteiger charge is 2.19. The number of nitrogen functional groups attached to an aromatic ring is 1. The second-order valence-electron chi connectivity index (χ2n) is 5.57. The van der Waals surface area contributed by atoms with Crippen molar-refractivity contribution in [3.8, 4) is 11.4 Å². The lowest BCUT2D eigenvalue weighted by Crippen LogP contribution is -2.14. The van der Waals surface area contributed by atoms with Crippen LogP contribution < -0.4 is 5.73 Å². The second kappa shape index (κ2) is 6.03. The van der Waals surface area contributed by atoms with Gasteiger partial charge in [0, 0.05) is 11.3 Å². The zero-order chi connectivity index (χ0) is 13.8. The molecule has 20 heavy (non-hydrogen) atoms. The molecule has 5 heteroatoms. The molecule has 0 radical (unpaired) electrons. The molecule has 3 rings (SSSR count). The average Bonchev–Trinajstić information content (AvgIpc) is 2.88. The maximum atomic E-state index is 5.74. The summed E-state index contributed by atoms with van der Waals surface area (Å²) < 4.78 is 2.01. The molecular formula is C15H21N5. The second-order valence-corrected chi connectivity index (χ2v) is 5.57. The topological polar surface area (TPSA) is 69.6 Å². The summed E-state index contributed by atoms with van der Waals surface area (Å²) in [5.74, 6) is 0.857. The van der Waals surface area contributed by atoms with Crippen LogP contribution in [0.2, 0.25) is 0 Å². The van der Waals surface area contributed by atoms with E-state index in [9.17, 15) is 0 Å². The summed E-state index contributed by atoms with van der Waals surface area (Å²) in [6.45, 7) is 0. The molecule has 0 aliphatic heterocycles. The summed E-state index contributed by atoms with van der Waals surface area (Å²) in [5.41, 5.74) is 7.54. The van der Waals surface area contributed by atoms with Crippen LogP contribution in [0.4, 0.5) is 5.69 Å². The molecule has 1 aromatic carbocycles. The number of tetrazole rings is 1. The predicted octanol–water partition coefficient (Wildman–Crippen LogP) is 3.21. The Hall–Kier alpha value is -1.91. The molecule has 0 saturated heterocycles. The Labute approximate surface area is 119 Å². The molecule has 0 spiro atoms. The van der Waals surface area contributed by atoms with Gasteiger partial charge in [0.15, 0.2) is 5.82 Å². The Bertz CT molecular complexity index is 538. The van der Waals surface area contributed by atoms with E-state index in [-0.39, 0.29) is 0 Å². The van der Waals surface area contributed by atoms with Crippen LogP contribution in [-0.4, -0.2) is 20.2 Å². The first kappa shape index (κ1) is 13.1. The molecule has 0 amide bonds. The van der Waals surface area contributed by atoms with Gasteiger partial charge < -0.3 is 5.73 Å². The highest BCUT2D eigenvalue weighted by molar-refractivity contribution is 5.58. The fourth-order valence-electron chi connectivity index (χ4n) is 2.94. The summed E-state index contributed by atoms with van der Waals surface area (Å²) in [4.78, 5) is 0. The number of anilines is 1. The smallest absolute Gasteiger partial charge is 0.182 e. The van der Waals surface area contributed by atoms with E-state index >= 15 is 0 Å². The largest absolute Gasteiger partial charge is 0.399 e. The first-order valence-electron chi connectivity index (χ1n) is 7.48. The average molecular weight is 271 g/mol. The third-order valence-corrected chi connectivity index (χ3v) is 4.08. The number of nitrogens with zero attached hydrogens (tertiary/aromatic N) is 4. The van der Waals surface area contributed by atoms with Crippen LogP contribution in [-0.2, 0) is 0 Å². The van der Waals surface area contributed by atoms with E-state index in [2.05, 4.69) is 15.5 Å². The van der Waals surface area contributed by atoms with E-state index in [0.717, 1.165) is 17.1 Å². The van der Waals surface area contributed by atoms with Crippen LogP contribution in [0.1, 0.15) is 51.0 Å². The number of hydrogen-bond donors (Lipinski definition) is 1. The molecule has 1 aliphatic carbocycles. The SMILES string of the molecule is Nc1ccc(-c2nnnn2C2CCCCCCC2)cc1. The van der Waals surface area contributed by atoms with Gasteiger partial charge in [-0.3, -0.25) is 0 Å². The Balaban J connectivity index is 1.86. The number of benzene rings is 1. The summed E-state index contributed by atoms with van der Waals surface area (Å²) in [6, 6.07) is 8.19. The standard InChI is InChI=1S/C15H21N5/c16-13-10-8-12(9-11-13)15-17-18-19-20(15)14-6-4-2-1-3-5-7-14/h8-11,14H,1-7,16H2. The van der Waals surface area contributed by atoms with Gasteiger partial charge in [-0.15, -0.1) is 5.10 Å². The van der Waals surface area contributed by atoms with Crippen molar-refractivity contribution in [2.45, 2.75) is 51.0 Å². The van der Waals surface area contributed by atoms with Crippen LogP contribution in [0.15, 0.2) is 24.3 Å². The number of aromatic nitrogens is 4. The van der Waals surface area contributed by atoms with Crippen LogP contribution in [0.25, 0.3) is 11.4 Å². The molecule has 1 fully saturated rings. The first-order chi connectivity index (χ1) is 9.84. The normalized spacial score (nSPS) is 17.6. The molecule has 5 nitrogen and oxygen atoms in total. The van der Waals surface area contributed by atoms with E-state index in [1.165, 1.54) is 44.9 Å². The van der Waals surface area contributed by atoms with Crippen LogP contribution in [0.3, 0.4) is 0 Å². The minimum Gasteiger partial charge on any atom is -0.399 e. The van der Waals surface area contributed by atoms with Crippen molar-refractivity contribution in [3.63, 3.8) is 0 Å². The summed E-state index contributed by atoms with van der Waals surface area (Å²) in [7, 11) is 0. The summed E-state index contributed by atoms with van der Waals surface area (Å²) >= 11 is 0. The zero-order valence-electron chi connectivity index (χ0n) is 11.7. The predicted molar refractivity (Wildman–Crippen MR) is 79.0 cm³/mol. The monoisotopic (exact) mass is 271 g/mol. The van der Waals surface area contributed by atoms with Gasteiger partial charge in [0.25, 0.3) is 0 Å². The van der Waals surface area contributed by atoms with Crippen molar-refractivity contribution in [1.82, 2.24) is 20.2 Å². The van der Waals surface area contributed by atoms with Crippen molar-refractivity contribution in [3.05, 3.63) is 24.3 Å². The summed E-state index contributed by atoms with van der Waals surface area (Å²) in [6.07, 6.45) is 8.91. The molecule has 1 aromatic heterocycles. The Morgan fingerprint density at radius 2 is 1.60 bits per heavy atom. The van der Waals surface area contributed by atoms with Gasteiger partial charge in [-0.05, 0) is 47.5 Å². The fourth-order valence-corrected chi connectivity index (χ4v) is 2.94. The van der Waals surface area contributed by atoms with E-state index in [0.29, 0.717) is 6.04 Å². The summed E-state index contributed by atoms with van der Waals surface area (Å²) in [5, 5.41) is 12.3. The first-order valence-corrected chi connectivity index (χ1v) is 7.48. The third-order valence-electron chi connectivity index (χ3n) is 4.08. The van der Waals surface area contributed by atoms with Gasteiger partial charge in [0.1, 0.15) is 0 Å². The zero-order valence-corrected chi connectivity index (χ0v) is 11.7. The highest BCUT2D eigenvalue weighted by atomic mass is 15.5. The van der Waals surface area contributed by atoms with Gasteiger partial charge in [0.2, 0.25) is 0 Å². The van der Waals surface area contributed by atoms with Crippen molar-refractivity contribution in [1.29, 1.82) is 0 Å². The lowest BCUT2D eigenvalue weighted by atomic mass is 9.96. The van der Waals surface area contributed by atoms with Gasteiger partial charge in [-0.25, -0.2) is 4.68 Å². The molecule has 0 atom stereocenters. The van der Waals surface area contributed by atoms with Crippen molar-refractivity contribution >= 4 is 5.69 Å². The molecule has 0 bridgehead atoms. The maximum Gasteiger partial charge on any atom is 0.182 e. The Morgan fingerprint density at radius 3 is 2.30 bits per heavy atom. The van der Waals surface area contributed by atoms with Crippen LogP contribution >= 0.6 is 0 Å². The van der Waals surface area contributed by atoms with Crippen molar-refractivity contribution in [2.75, 3.05) is 5.73 Å². The van der Waals surface area contributed by atoms with Gasteiger partial charge in [0.05, 0.1) is 6.04 Å². The number of hydrogen-bond acceptors (Lipinski definition) is 4. The molecule has 1 saturated carbocycles. The molecule has 2 N–H and O–H groups in total. The van der Waals surface area contributed by atoms with Gasteiger partial charge in [-0.1, -0.05) is 32.1 Å². The quantitative estimate of drug-likeness (QED) is 0.851. The minimum atomic E-state index is 0.429. The Morgan fingerprint density at radius 1 is 0.950 bits per heavy atom. The van der Waals surface area contributed by atoms with Gasteiger partial charge in [-0.2, -0.15) is 0 Å². The van der Waals surface area contributed by atoms with Crippen LogP contribution in [0, 0.1) is 0 Å². The van der Waals surface area contributed by atoms with E-state index in [1.807, 2.05) is 28.9 Å². The molecular weight excluding hydrogens is 250 g/mol. The minimum absolute atomic E-state index is 0.429. The van der Waals surface area contributed by atoms with Crippen molar-refractivity contribution in [2.24, 2.45) is 0 Å². The fraction of sp³-hybridized carbons (Fsp3) is 0.533. The Kier molecular flexibility index (Phi) is 3.95. The number of rotatable bonds is 2. The molecule has 1 heterocycles. The molecule has 1 aliphatic rings. The van der Waals surface area contributed by atoms with E-state index < -0.39 is 0 Å². The molecule has 0 unspecified atom stereocenters. The molecule has 106 valence electrons. The van der Waals surface area contributed by atoms with Crippen molar-refractivity contribution < 1.29 is 0 Å². The molecule has 2 aromatic rings. The number of nitrogens with two attached hydrogens (primary N) is 1. The highest BCUT2D eigenvalue weighted by Crippen LogP contribution is 2.29.